The van der Waals surface area contributed by atoms with Gasteiger partial charge in [-0.1, -0.05) is 27.7 Å². The summed E-state index contributed by atoms with van der Waals surface area (Å²) >= 11 is 0. The summed E-state index contributed by atoms with van der Waals surface area (Å²) in [5.41, 5.74) is 2.98. The summed E-state index contributed by atoms with van der Waals surface area (Å²) in [7, 11) is 0. The van der Waals surface area contributed by atoms with Crippen LogP contribution in [0.15, 0.2) is 54.7 Å². The van der Waals surface area contributed by atoms with Crippen molar-refractivity contribution in [1.82, 2.24) is 14.5 Å². The van der Waals surface area contributed by atoms with Crippen molar-refractivity contribution in [1.29, 1.82) is 0 Å². The van der Waals surface area contributed by atoms with Crippen LogP contribution in [0.25, 0.3) is 16.9 Å². The Morgan fingerprint density at radius 3 is 2.29 bits per heavy atom. The summed E-state index contributed by atoms with van der Waals surface area (Å²) in [4.78, 5) is 7.30. The Hall–Kier alpha value is -2.79. The largest absolute Gasteiger partial charge is 0.508 e. The van der Waals surface area contributed by atoms with Crippen LogP contribution in [-0.4, -0.2) is 45.8 Å². The van der Waals surface area contributed by atoms with Gasteiger partial charge in [0.25, 0.3) is 0 Å². The number of hydrogen-bond donors (Lipinski definition) is 1. The lowest BCUT2D eigenvalue weighted by Gasteiger charge is -2.17. The summed E-state index contributed by atoms with van der Waals surface area (Å²) in [6.07, 6.45) is 3.99. The molecule has 1 N–H and O–H groups in total. The number of rotatable bonds is 11. The first kappa shape index (κ1) is 22.9. The third kappa shape index (κ3) is 6.34. The first-order valence-electron chi connectivity index (χ1n) is 11.3. The maximum absolute atomic E-state index is 9.58. The van der Waals surface area contributed by atoms with Gasteiger partial charge in [0, 0.05) is 30.4 Å². The molecule has 0 bridgehead atoms. The zero-order chi connectivity index (χ0) is 22.2. The first-order valence-corrected chi connectivity index (χ1v) is 11.3. The van der Waals surface area contributed by atoms with Gasteiger partial charge in [-0.3, -0.25) is 0 Å². The van der Waals surface area contributed by atoms with Crippen molar-refractivity contribution < 1.29 is 9.84 Å². The highest BCUT2D eigenvalue weighted by Gasteiger charge is 2.13. The van der Waals surface area contributed by atoms with Crippen LogP contribution in [0.2, 0.25) is 0 Å². The molecule has 0 radical (unpaired) electrons. The van der Waals surface area contributed by atoms with Gasteiger partial charge in [0.05, 0.1) is 12.3 Å². The molecule has 0 aliphatic rings. The number of phenols is 1. The van der Waals surface area contributed by atoms with Crippen molar-refractivity contribution in [2.24, 2.45) is 5.92 Å². The van der Waals surface area contributed by atoms with E-state index < -0.39 is 0 Å². The van der Waals surface area contributed by atoms with E-state index >= 15 is 0 Å². The van der Waals surface area contributed by atoms with Crippen LogP contribution in [0.1, 0.15) is 39.9 Å². The molecule has 0 spiro atoms. The molecule has 0 amide bonds. The number of imidazole rings is 1. The fraction of sp³-hybridized carbons (Fsp3) is 0.423. The number of ether oxygens (including phenoxy) is 1. The van der Waals surface area contributed by atoms with Gasteiger partial charge in [0.2, 0.25) is 0 Å². The number of benzene rings is 2. The Bertz CT molecular complexity index is 926. The molecular weight excluding hydrogens is 386 g/mol. The molecule has 1 aromatic heterocycles. The molecule has 0 saturated heterocycles. The summed E-state index contributed by atoms with van der Waals surface area (Å²) in [6, 6.07) is 15.4. The van der Waals surface area contributed by atoms with Gasteiger partial charge in [-0.15, -0.1) is 0 Å². The lowest BCUT2D eigenvalue weighted by atomic mass is 10.1. The topological polar surface area (TPSA) is 50.5 Å². The quantitative estimate of drug-likeness (QED) is 0.412. The first-order chi connectivity index (χ1) is 15.0. The van der Waals surface area contributed by atoms with Crippen LogP contribution < -0.4 is 4.74 Å². The molecule has 0 aliphatic carbocycles. The average Bonchev–Trinajstić information content (AvgIpc) is 3.18. The van der Waals surface area contributed by atoms with Crippen LogP contribution in [0, 0.1) is 5.92 Å². The summed E-state index contributed by atoms with van der Waals surface area (Å²) in [5.74, 6) is 2.69. The maximum atomic E-state index is 9.58. The Morgan fingerprint density at radius 1 is 1.00 bits per heavy atom. The van der Waals surface area contributed by atoms with E-state index in [1.165, 1.54) is 0 Å². The second kappa shape index (κ2) is 11.0. The molecule has 3 rings (SSSR count). The van der Waals surface area contributed by atoms with Crippen molar-refractivity contribution in [3.8, 4) is 28.4 Å². The van der Waals surface area contributed by atoms with Crippen LogP contribution in [-0.2, 0) is 6.42 Å². The van der Waals surface area contributed by atoms with Gasteiger partial charge < -0.3 is 19.3 Å². The Balaban J connectivity index is 1.72. The molecule has 3 aromatic rings. The molecule has 0 unspecified atom stereocenters. The minimum atomic E-state index is 0.262. The van der Waals surface area contributed by atoms with E-state index in [0.717, 1.165) is 67.6 Å². The van der Waals surface area contributed by atoms with Crippen molar-refractivity contribution in [3.63, 3.8) is 0 Å². The highest BCUT2D eigenvalue weighted by molar-refractivity contribution is 5.60. The molecule has 5 nitrogen and oxygen atoms in total. The minimum absolute atomic E-state index is 0.262. The summed E-state index contributed by atoms with van der Waals surface area (Å²) in [6.45, 7) is 12.8. The van der Waals surface area contributed by atoms with E-state index in [1.807, 2.05) is 24.3 Å². The number of phenolic OH excluding ortho intramolecular Hbond substituents is 1. The average molecular weight is 422 g/mol. The van der Waals surface area contributed by atoms with E-state index in [2.05, 4.69) is 55.5 Å². The highest BCUT2D eigenvalue weighted by atomic mass is 16.5. The molecule has 5 heteroatoms. The molecule has 31 heavy (non-hydrogen) atoms. The van der Waals surface area contributed by atoms with Gasteiger partial charge in [0.15, 0.2) is 0 Å². The lowest BCUT2D eigenvalue weighted by molar-refractivity contribution is 0.249. The van der Waals surface area contributed by atoms with Crippen molar-refractivity contribution >= 4 is 0 Å². The van der Waals surface area contributed by atoms with Gasteiger partial charge in [0.1, 0.15) is 17.3 Å². The predicted octanol–water partition coefficient (Wildman–Crippen LogP) is 5.55. The summed E-state index contributed by atoms with van der Waals surface area (Å²) in [5, 5.41) is 9.58. The Kier molecular flexibility index (Phi) is 8.13. The number of nitrogens with zero attached hydrogens (tertiary/aromatic N) is 3. The second-order valence-electron chi connectivity index (χ2n) is 8.28. The number of aromatic hydroxyl groups is 1. The smallest absolute Gasteiger partial charge is 0.119 e. The molecule has 0 atom stereocenters. The van der Waals surface area contributed by atoms with E-state index in [-0.39, 0.29) is 5.75 Å². The second-order valence-corrected chi connectivity index (χ2v) is 8.28. The Labute approximate surface area is 186 Å². The predicted molar refractivity (Wildman–Crippen MR) is 127 cm³/mol. The molecular formula is C26H35N3O2. The van der Waals surface area contributed by atoms with Gasteiger partial charge in [-0.25, -0.2) is 4.98 Å². The van der Waals surface area contributed by atoms with Crippen molar-refractivity contribution in [2.75, 3.05) is 26.2 Å². The molecule has 2 aromatic carbocycles. The normalized spacial score (nSPS) is 11.4. The summed E-state index contributed by atoms with van der Waals surface area (Å²) < 4.78 is 8.10. The monoisotopic (exact) mass is 421 g/mol. The van der Waals surface area contributed by atoms with Crippen LogP contribution in [0.5, 0.6) is 11.5 Å². The SMILES string of the molecule is CCN(CC)CCCOc1ccc(-n2cc(-c3ccc(O)cc3)nc2CC(C)C)cc1. The zero-order valence-electron chi connectivity index (χ0n) is 19.2. The molecule has 0 saturated carbocycles. The van der Waals surface area contributed by atoms with E-state index in [0.29, 0.717) is 5.92 Å². The van der Waals surface area contributed by atoms with Crippen molar-refractivity contribution in [2.45, 2.75) is 40.5 Å². The van der Waals surface area contributed by atoms with Crippen LogP contribution in [0.3, 0.4) is 0 Å². The standard InChI is InChI=1S/C26H35N3O2/c1-5-28(6-2)16-7-17-31-24-14-10-22(11-15-24)29-19-25(27-26(29)18-20(3)4)21-8-12-23(30)13-9-21/h8-15,19-20,30H,5-7,16-18H2,1-4H3. The minimum Gasteiger partial charge on any atom is -0.508 e. The van der Waals surface area contributed by atoms with Crippen LogP contribution >= 0.6 is 0 Å². The zero-order valence-corrected chi connectivity index (χ0v) is 19.2. The third-order valence-electron chi connectivity index (χ3n) is 5.43. The molecule has 0 fully saturated rings. The third-order valence-corrected chi connectivity index (χ3v) is 5.43. The molecule has 0 aliphatic heterocycles. The Morgan fingerprint density at radius 2 is 1.68 bits per heavy atom. The fourth-order valence-corrected chi connectivity index (χ4v) is 3.64. The lowest BCUT2D eigenvalue weighted by Crippen LogP contribution is -2.25. The number of hydrogen-bond acceptors (Lipinski definition) is 4. The van der Waals surface area contributed by atoms with Crippen molar-refractivity contribution in [3.05, 3.63) is 60.6 Å². The van der Waals surface area contributed by atoms with E-state index in [4.69, 9.17) is 9.72 Å². The molecule has 1 heterocycles. The van der Waals surface area contributed by atoms with E-state index in [9.17, 15) is 5.11 Å². The fourth-order valence-electron chi connectivity index (χ4n) is 3.64. The van der Waals surface area contributed by atoms with Gasteiger partial charge >= 0.3 is 0 Å². The van der Waals surface area contributed by atoms with E-state index in [1.54, 1.807) is 12.1 Å². The number of aromatic nitrogens is 2. The van der Waals surface area contributed by atoms with Gasteiger partial charge in [-0.2, -0.15) is 0 Å². The van der Waals surface area contributed by atoms with Crippen LogP contribution in [0.4, 0.5) is 0 Å². The highest BCUT2D eigenvalue weighted by Crippen LogP contribution is 2.25. The van der Waals surface area contributed by atoms with Gasteiger partial charge in [-0.05, 0) is 74.0 Å². The molecule has 166 valence electrons. The maximum Gasteiger partial charge on any atom is 0.119 e.